The van der Waals surface area contributed by atoms with Crippen LogP contribution in [0.5, 0.6) is 0 Å². The number of halogens is 2. The molecule has 3 aromatic rings. The van der Waals surface area contributed by atoms with Gasteiger partial charge in [0.15, 0.2) is 0 Å². The van der Waals surface area contributed by atoms with Crippen molar-refractivity contribution in [2.75, 3.05) is 18.8 Å². The molecule has 2 aliphatic carbocycles. The van der Waals surface area contributed by atoms with E-state index in [1.807, 2.05) is 4.90 Å². The highest BCUT2D eigenvalue weighted by molar-refractivity contribution is 6.03. The van der Waals surface area contributed by atoms with E-state index >= 15 is 0 Å². The molecule has 37 heavy (non-hydrogen) atoms. The Labute approximate surface area is 211 Å². The average Bonchev–Trinajstić information content (AvgIpc) is 3.34. The Kier molecular flexibility index (Phi) is 5.12. The Hall–Kier alpha value is -4.20. The molecule has 0 radical (unpaired) electrons. The Morgan fingerprint density at radius 3 is 2.84 bits per heavy atom. The Morgan fingerprint density at radius 2 is 2.14 bits per heavy atom. The second kappa shape index (κ2) is 8.16. The summed E-state index contributed by atoms with van der Waals surface area (Å²) in [6.07, 6.45) is 1.51. The third-order valence-corrected chi connectivity index (χ3v) is 8.11. The van der Waals surface area contributed by atoms with Crippen molar-refractivity contribution in [1.29, 1.82) is 0 Å². The number of aromatic nitrogens is 4. The van der Waals surface area contributed by atoms with Crippen molar-refractivity contribution in [1.82, 2.24) is 24.5 Å². The predicted octanol–water partition coefficient (Wildman–Crippen LogP) is 2.46. The summed E-state index contributed by atoms with van der Waals surface area (Å²) in [7, 11) is 0. The van der Waals surface area contributed by atoms with Crippen molar-refractivity contribution in [3.63, 3.8) is 0 Å². The standard InChI is InChI=1S/C26H25F2N7O2/c1-2-4-19(36)33-12-17-21-18(8-26(17,21)13-33)35-24(29)20(25(30)37)22(32-35)16-9-31-34(11-16)10-14-5-3-6-15(7-14)23(27)28/h3,5-7,9,11,17-18,21,23H,8,10,12-13,29H2,1H3,(H2,30,37)/t17?,18?,21?,26-/m0/s1. The van der Waals surface area contributed by atoms with Crippen LogP contribution in [0.3, 0.4) is 0 Å². The largest absolute Gasteiger partial charge is 0.383 e. The number of anilines is 1. The number of carbonyl (C=O) groups is 2. The lowest BCUT2D eigenvalue weighted by molar-refractivity contribution is -0.125. The molecule has 4 atom stereocenters. The molecule has 1 aromatic carbocycles. The highest BCUT2D eigenvalue weighted by Gasteiger charge is 2.79. The van der Waals surface area contributed by atoms with Crippen LogP contribution >= 0.6 is 0 Å². The van der Waals surface area contributed by atoms with Gasteiger partial charge in [-0.05, 0) is 42.7 Å². The number of nitrogens with zero attached hydrogens (tertiary/aromatic N) is 5. The number of alkyl halides is 2. The number of carbonyl (C=O) groups excluding carboxylic acids is 2. The number of hydrogen-bond donors (Lipinski definition) is 2. The molecule has 3 aliphatic rings. The fourth-order valence-electron chi connectivity index (χ4n) is 6.46. The van der Waals surface area contributed by atoms with Gasteiger partial charge in [-0.3, -0.25) is 14.3 Å². The summed E-state index contributed by atoms with van der Waals surface area (Å²) in [5, 5.41) is 9.03. The van der Waals surface area contributed by atoms with Crippen molar-refractivity contribution >= 4 is 17.6 Å². The number of benzene rings is 1. The molecule has 0 bridgehead atoms. The maximum atomic E-state index is 13.1. The summed E-state index contributed by atoms with van der Waals surface area (Å²) in [4.78, 5) is 26.3. The number of likely N-dealkylation sites (tertiary alicyclic amines) is 1. The van der Waals surface area contributed by atoms with Crippen LogP contribution in [0, 0.1) is 29.1 Å². The number of rotatable bonds is 6. The minimum atomic E-state index is -2.55. The van der Waals surface area contributed by atoms with E-state index in [1.165, 1.54) is 12.1 Å². The van der Waals surface area contributed by atoms with E-state index in [4.69, 9.17) is 16.6 Å². The lowest BCUT2D eigenvalue weighted by Crippen LogP contribution is -2.40. The van der Waals surface area contributed by atoms with Gasteiger partial charge in [0.1, 0.15) is 17.1 Å². The third kappa shape index (κ3) is 3.50. The van der Waals surface area contributed by atoms with Crippen LogP contribution < -0.4 is 11.5 Å². The first kappa shape index (κ1) is 23.2. The first-order valence-corrected chi connectivity index (χ1v) is 12.0. The monoisotopic (exact) mass is 505 g/mol. The van der Waals surface area contributed by atoms with Gasteiger partial charge in [-0.15, -0.1) is 0 Å². The summed E-state index contributed by atoms with van der Waals surface area (Å²) in [6.45, 7) is 3.28. The number of nitrogens with two attached hydrogens (primary N) is 2. The molecule has 2 amide bonds. The van der Waals surface area contributed by atoms with Crippen LogP contribution in [0.2, 0.25) is 0 Å². The molecule has 1 aliphatic heterocycles. The zero-order valence-corrected chi connectivity index (χ0v) is 20.1. The molecule has 3 fully saturated rings. The SMILES string of the molecule is CC#CC(=O)N1CC2C3C(n4nc(-c5cnn(Cc6cccc(C(F)F)c6)c5)c(C(N)=O)c4N)C[C@]23C1. The zero-order chi connectivity index (χ0) is 26.1. The third-order valence-electron chi connectivity index (χ3n) is 8.11. The number of fused-ring (bicyclic) bond motifs is 1. The van der Waals surface area contributed by atoms with E-state index in [0.717, 1.165) is 6.42 Å². The predicted molar refractivity (Wildman–Crippen MR) is 130 cm³/mol. The second-order valence-electron chi connectivity index (χ2n) is 10.1. The van der Waals surface area contributed by atoms with Crippen LogP contribution in [0.25, 0.3) is 11.3 Å². The molecule has 2 aromatic heterocycles. The molecule has 2 saturated carbocycles. The number of nitrogen functional groups attached to an aromatic ring is 1. The number of piperidine rings is 1. The van der Waals surface area contributed by atoms with Gasteiger partial charge in [0.05, 0.1) is 18.8 Å². The van der Waals surface area contributed by atoms with Crippen molar-refractivity contribution in [2.45, 2.75) is 32.4 Å². The van der Waals surface area contributed by atoms with Crippen LogP contribution in [0.4, 0.5) is 14.6 Å². The van der Waals surface area contributed by atoms with Gasteiger partial charge < -0.3 is 16.4 Å². The maximum absolute atomic E-state index is 13.1. The smallest absolute Gasteiger partial charge is 0.298 e. The Balaban J connectivity index is 1.23. The zero-order valence-electron chi connectivity index (χ0n) is 20.1. The van der Waals surface area contributed by atoms with E-state index in [9.17, 15) is 18.4 Å². The van der Waals surface area contributed by atoms with E-state index < -0.39 is 12.3 Å². The molecule has 6 rings (SSSR count). The highest BCUT2D eigenvalue weighted by atomic mass is 19.3. The molecular weight excluding hydrogens is 480 g/mol. The Morgan fingerprint density at radius 1 is 1.32 bits per heavy atom. The maximum Gasteiger partial charge on any atom is 0.298 e. The Bertz CT molecular complexity index is 1500. The summed E-state index contributed by atoms with van der Waals surface area (Å²) < 4.78 is 29.4. The molecule has 1 spiro atoms. The van der Waals surface area contributed by atoms with Crippen molar-refractivity contribution in [3.05, 3.63) is 53.3 Å². The van der Waals surface area contributed by atoms with Gasteiger partial charge in [-0.1, -0.05) is 24.1 Å². The van der Waals surface area contributed by atoms with Gasteiger partial charge in [0.25, 0.3) is 18.2 Å². The molecule has 3 heterocycles. The van der Waals surface area contributed by atoms with Gasteiger partial charge in [0, 0.05) is 35.8 Å². The second-order valence-corrected chi connectivity index (χ2v) is 10.1. The van der Waals surface area contributed by atoms with Crippen molar-refractivity contribution < 1.29 is 18.4 Å². The number of amides is 2. The van der Waals surface area contributed by atoms with Crippen molar-refractivity contribution in [2.24, 2.45) is 23.0 Å². The minimum Gasteiger partial charge on any atom is -0.383 e. The van der Waals surface area contributed by atoms with Crippen LogP contribution in [0.15, 0.2) is 36.7 Å². The van der Waals surface area contributed by atoms with E-state index in [-0.39, 0.29) is 40.9 Å². The van der Waals surface area contributed by atoms with Gasteiger partial charge >= 0.3 is 0 Å². The summed E-state index contributed by atoms with van der Waals surface area (Å²) in [5.41, 5.74) is 13.8. The quantitative estimate of drug-likeness (QED) is 0.498. The van der Waals surface area contributed by atoms with Crippen LogP contribution in [-0.2, 0) is 11.3 Å². The minimum absolute atomic E-state index is 0.0264. The van der Waals surface area contributed by atoms with E-state index in [1.54, 1.807) is 40.8 Å². The van der Waals surface area contributed by atoms with Gasteiger partial charge in [-0.2, -0.15) is 10.2 Å². The number of hydrogen-bond acceptors (Lipinski definition) is 5. The molecule has 11 heteroatoms. The van der Waals surface area contributed by atoms with Crippen molar-refractivity contribution in [3.8, 4) is 23.1 Å². The van der Waals surface area contributed by atoms with Crippen LogP contribution in [0.1, 0.15) is 47.3 Å². The summed E-state index contributed by atoms with van der Waals surface area (Å²) in [5.74, 6) is 5.38. The summed E-state index contributed by atoms with van der Waals surface area (Å²) >= 11 is 0. The topological polar surface area (TPSA) is 125 Å². The lowest BCUT2D eigenvalue weighted by Gasteiger charge is -2.37. The fourth-order valence-corrected chi connectivity index (χ4v) is 6.46. The van der Waals surface area contributed by atoms with E-state index in [0.29, 0.717) is 41.7 Å². The molecular formula is C26H25F2N7O2. The normalized spacial score (nSPS) is 25.2. The average molecular weight is 506 g/mol. The first-order chi connectivity index (χ1) is 17.7. The molecule has 3 unspecified atom stereocenters. The summed E-state index contributed by atoms with van der Waals surface area (Å²) in [6, 6.07) is 6.18. The fraction of sp³-hybridized carbons (Fsp3) is 0.385. The first-order valence-electron chi connectivity index (χ1n) is 12.0. The van der Waals surface area contributed by atoms with Gasteiger partial charge in [0.2, 0.25) is 0 Å². The lowest BCUT2D eigenvalue weighted by atomic mass is 9.80. The molecule has 190 valence electrons. The molecule has 4 N–H and O–H groups in total. The highest BCUT2D eigenvalue weighted by Crippen LogP contribution is 2.79. The van der Waals surface area contributed by atoms with Crippen LogP contribution in [-0.4, -0.2) is 49.4 Å². The van der Waals surface area contributed by atoms with Gasteiger partial charge in [-0.25, -0.2) is 13.5 Å². The molecule has 1 saturated heterocycles. The van der Waals surface area contributed by atoms with E-state index in [2.05, 4.69) is 16.9 Å². The number of primary amides is 1. The molecule has 9 nitrogen and oxygen atoms in total.